The average Bonchev–Trinajstić information content (AvgIpc) is 2.50. The van der Waals surface area contributed by atoms with Gasteiger partial charge in [0.2, 0.25) is 0 Å². The number of ether oxygens (including phenoxy) is 1. The third kappa shape index (κ3) is 3.48. The number of hydrogen-bond acceptors (Lipinski definition) is 3. The van der Waals surface area contributed by atoms with Crippen LogP contribution in [0, 0.1) is 6.92 Å². The molecule has 3 heteroatoms. The fourth-order valence-electron chi connectivity index (χ4n) is 2.32. The molecule has 0 spiro atoms. The summed E-state index contributed by atoms with van der Waals surface area (Å²) < 4.78 is 5.72. The third-order valence-corrected chi connectivity index (χ3v) is 3.46. The lowest BCUT2D eigenvalue weighted by molar-refractivity contribution is 0.319. The van der Waals surface area contributed by atoms with E-state index in [0.29, 0.717) is 12.3 Å². The van der Waals surface area contributed by atoms with E-state index in [0.717, 1.165) is 30.1 Å². The van der Waals surface area contributed by atoms with Crippen LogP contribution in [0.1, 0.15) is 25.8 Å². The Bertz CT molecular complexity index is 578. The maximum atomic E-state index is 6.30. The van der Waals surface area contributed by atoms with Crippen LogP contribution in [0.25, 0.3) is 0 Å². The Hall–Kier alpha value is -2.16. The summed E-state index contributed by atoms with van der Waals surface area (Å²) in [7, 11) is 0. The van der Waals surface area contributed by atoms with Crippen LogP contribution >= 0.6 is 0 Å². The van der Waals surface area contributed by atoms with Gasteiger partial charge in [-0.05, 0) is 44.5 Å². The van der Waals surface area contributed by atoms with E-state index in [1.165, 1.54) is 5.56 Å². The Morgan fingerprint density at radius 1 is 1.05 bits per heavy atom. The van der Waals surface area contributed by atoms with E-state index >= 15 is 0 Å². The molecular weight excluding hydrogens is 260 g/mol. The summed E-state index contributed by atoms with van der Waals surface area (Å²) in [6.07, 6.45) is 0.971. The fourth-order valence-corrected chi connectivity index (χ4v) is 2.32. The van der Waals surface area contributed by atoms with E-state index in [4.69, 9.17) is 10.5 Å². The number of nitrogens with zero attached hydrogens (tertiary/aromatic N) is 1. The van der Waals surface area contributed by atoms with Crippen LogP contribution in [-0.2, 0) is 0 Å². The van der Waals surface area contributed by atoms with Crippen molar-refractivity contribution in [2.24, 2.45) is 0 Å². The van der Waals surface area contributed by atoms with Gasteiger partial charge in [0.25, 0.3) is 0 Å². The molecule has 0 radical (unpaired) electrons. The first-order valence-corrected chi connectivity index (χ1v) is 7.52. The zero-order valence-electron chi connectivity index (χ0n) is 13.1. The van der Waals surface area contributed by atoms with Crippen LogP contribution in [0.4, 0.5) is 17.1 Å². The highest BCUT2D eigenvalue weighted by molar-refractivity contribution is 5.79. The Balaban J connectivity index is 2.35. The van der Waals surface area contributed by atoms with E-state index < -0.39 is 0 Å². The van der Waals surface area contributed by atoms with Gasteiger partial charge >= 0.3 is 0 Å². The lowest BCUT2D eigenvalue weighted by Crippen LogP contribution is -2.18. The first-order chi connectivity index (χ1) is 10.2. The Morgan fingerprint density at radius 2 is 1.76 bits per heavy atom. The summed E-state index contributed by atoms with van der Waals surface area (Å²) in [4.78, 5) is 2.20. The van der Waals surface area contributed by atoms with Gasteiger partial charge in [0.1, 0.15) is 5.75 Å². The second-order valence-corrected chi connectivity index (χ2v) is 5.12. The van der Waals surface area contributed by atoms with Gasteiger partial charge in [-0.25, -0.2) is 0 Å². The molecule has 0 atom stereocenters. The van der Waals surface area contributed by atoms with Crippen LogP contribution in [0.5, 0.6) is 5.75 Å². The van der Waals surface area contributed by atoms with Gasteiger partial charge in [0, 0.05) is 12.2 Å². The Morgan fingerprint density at radius 3 is 2.38 bits per heavy atom. The molecule has 0 heterocycles. The predicted molar refractivity (Wildman–Crippen MR) is 90.5 cm³/mol. The maximum Gasteiger partial charge on any atom is 0.144 e. The first kappa shape index (κ1) is 15.2. The summed E-state index contributed by atoms with van der Waals surface area (Å²) in [6.45, 7) is 7.84. The maximum absolute atomic E-state index is 6.30. The zero-order valence-corrected chi connectivity index (χ0v) is 13.1. The molecule has 0 fully saturated rings. The summed E-state index contributed by atoms with van der Waals surface area (Å²) >= 11 is 0. The van der Waals surface area contributed by atoms with Gasteiger partial charge in [0.15, 0.2) is 0 Å². The van der Waals surface area contributed by atoms with Gasteiger partial charge in [-0.3, -0.25) is 0 Å². The van der Waals surface area contributed by atoms with Crippen molar-refractivity contribution in [3.05, 3.63) is 48.0 Å². The molecule has 2 aromatic carbocycles. The molecule has 112 valence electrons. The summed E-state index contributed by atoms with van der Waals surface area (Å²) in [5.41, 5.74) is 10.4. The lowest BCUT2D eigenvalue weighted by Gasteiger charge is -2.26. The Labute approximate surface area is 127 Å². The fraction of sp³-hybridized carbons (Fsp3) is 0.333. The second kappa shape index (κ2) is 7.02. The minimum absolute atomic E-state index is 0.685. The largest absolute Gasteiger partial charge is 0.491 e. The minimum atomic E-state index is 0.685. The third-order valence-electron chi connectivity index (χ3n) is 3.46. The number of rotatable bonds is 6. The number of nitrogens with two attached hydrogens (primary N) is 1. The van der Waals surface area contributed by atoms with Gasteiger partial charge in [-0.2, -0.15) is 0 Å². The van der Waals surface area contributed by atoms with Crippen molar-refractivity contribution in [2.75, 3.05) is 23.8 Å². The van der Waals surface area contributed by atoms with Crippen molar-refractivity contribution in [2.45, 2.75) is 27.2 Å². The topological polar surface area (TPSA) is 38.5 Å². The van der Waals surface area contributed by atoms with Crippen LogP contribution in [-0.4, -0.2) is 13.2 Å². The number of hydrogen-bond donors (Lipinski definition) is 1. The van der Waals surface area contributed by atoms with Gasteiger partial charge in [-0.1, -0.05) is 30.7 Å². The molecule has 21 heavy (non-hydrogen) atoms. The number of anilines is 3. The van der Waals surface area contributed by atoms with Crippen molar-refractivity contribution in [1.82, 2.24) is 0 Å². The number of aryl methyl sites for hydroxylation is 1. The highest BCUT2D eigenvalue weighted by atomic mass is 16.5. The molecule has 0 aromatic heterocycles. The van der Waals surface area contributed by atoms with Crippen molar-refractivity contribution >= 4 is 17.1 Å². The molecule has 0 amide bonds. The highest BCUT2D eigenvalue weighted by Crippen LogP contribution is 2.36. The van der Waals surface area contributed by atoms with E-state index in [1.54, 1.807) is 0 Å². The predicted octanol–water partition coefficient (Wildman–Crippen LogP) is 4.52. The molecule has 0 unspecified atom stereocenters. The van der Waals surface area contributed by atoms with E-state index in [2.05, 4.69) is 49.9 Å². The minimum Gasteiger partial charge on any atom is -0.491 e. The van der Waals surface area contributed by atoms with Crippen LogP contribution in [0.3, 0.4) is 0 Å². The van der Waals surface area contributed by atoms with E-state index in [1.807, 2.05) is 18.2 Å². The lowest BCUT2D eigenvalue weighted by atomic mass is 10.1. The quantitative estimate of drug-likeness (QED) is 0.792. The monoisotopic (exact) mass is 284 g/mol. The van der Waals surface area contributed by atoms with Crippen LogP contribution in [0.15, 0.2) is 42.5 Å². The van der Waals surface area contributed by atoms with Crippen molar-refractivity contribution in [1.29, 1.82) is 0 Å². The molecule has 0 saturated carbocycles. The van der Waals surface area contributed by atoms with Crippen LogP contribution < -0.4 is 15.4 Å². The molecule has 3 nitrogen and oxygen atoms in total. The number of nitrogen functional groups attached to an aromatic ring is 1. The summed E-state index contributed by atoms with van der Waals surface area (Å²) in [6, 6.07) is 14.4. The molecule has 0 aliphatic rings. The molecule has 0 aliphatic carbocycles. The molecule has 2 rings (SSSR count). The smallest absolute Gasteiger partial charge is 0.144 e. The zero-order chi connectivity index (χ0) is 15.2. The molecule has 0 bridgehead atoms. The molecule has 2 aromatic rings. The van der Waals surface area contributed by atoms with E-state index in [9.17, 15) is 0 Å². The van der Waals surface area contributed by atoms with Gasteiger partial charge in [-0.15, -0.1) is 0 Å². The van der Waals surface area contributed by atoms with Crippen molar-refractivity contribution < 1.29 is 4.74 Å². The number of para-hydroxylation sites is 1. The van der Waals surface area contributed by atoms with Gasteiger partial charge < -0.3 is 15.4 Å². The highest BCUT2D eigenvalue weighted by Gasteiger charge is 2.13. The Kier molecular flexibility index (Phi) is 5.09. The first-order valence-electron chi connectivity index (χ1n) is 7.52. The van der Waals surface area contributed by atoms with Crippen LogP contribution in [0.2, 0.25) is 0 Å². The molecule has 0 aliphatic heterocycles. The molecular formula is C18H24N2O. The van der Waals surface area contributed by atoms with Crippen molar-refractivity contribution in [3.63, 3.8) is 0 Å². The normalized spacial score (nSPS) is 10.4. The average molecular weight is 284 g/mol. The molecule has 0 saturated heterocycles. The summed E-state index contributed by atoms with van der Waals surface area (Å²) in [5.74, 6) is 0.764. The summed E-state index contributed by atoms with van der Waals surface area (Å²) in [5, 5.41) is 0. The standard InChI is InChI=1S/C18H24N2O/c1-4-13-21-17-8-6-7-16(18(17)19)20(5-2)15-11-9-14(3)10-12-15/h6-12H,4-5,13,19H2,1-3H3. The van der Waals surface area contributed by atoms with Crippen molar-refractivity contribution in [3.8, 4) is 5.75 Å². The number of benzene rings is 2. The van der Waals surface area contributed by atoms with E-state index in [-0.39, 0.29) is 0 Å². The SMILES string of the molecule is CCCOc1cccc(N(CC)c2ccc(C)cc2)c1N. The van der Waals surface area contributed by atoms with Gasteiger partial charge in [0.05, 0.1) is 18.0 Å². The molecule has 2 N–H and O–H groups in total. The second-order valence-electron chi connectivity index (χ2n) is 5.12.